The lowest BCUT2D eigenvalue weighted by Gasteiger charge is -2.16. The Morgan fingerprint density at radius 3 is 2.08 bits per heavy atom. The Kier molecular flexibility index (Phi) is 1.44. The predicted octanol–water partition coefficient (Wildman–Crippen LogP) is 2.73. The summed E-state index contributed by atoms with van der Waals surface area (Å²) in [5, 5.41) is 8.90. The van der Waals surface area contributed by atoms with Gasteiger partial charge in [-0.25, -0.2) is 0 Å². The minimum atomic E-state index is -0.392. The Bertz CT molecular complexity index is 313. The van der Waals surface area contributed by atoms with Gasteiger partial charge in [-0.3, -0.25) is 0 Å². The zero-order chi connectivity index (χ0) is 8.60. The van der Waals surface area contributed by atoms with Crippen molar-refractivity contribution < 1.29 is 0 Å². The van der Waals surface area contributed by atoms with Crippen LogP contribution in [0, 0.1) is 16.7 Å². The molecule has 12 heavy (non-hydrogen) atoms. The van der Waals surface area contributed by atoms with Gasteiger partial charge < -0.3 is 0 Å². The zero-order valence-electron chi connectivity index (χ0n) is 7.17. The van der Waals surface area contributed by atoms with Crippen molar-refractivity contribution in [1.82, 2.24) is 0 Å². The second-order valence-electron chi connectivity index (χ2n) is 3.61. The van der Waals surface area contributed by atoms with Crippen LogP contribution in [0.2, 0.25) is 0 Å². The van der Waals surface area contributed by atoms with E-state index in [2.05, 4.69) is 18.2 Å². The zero-order valence-corrected chi connectivity index (χ0v) is 7.17. The quantitative estimate of drug-likeness (QED) is 0.530. The molecule has 0 aromatic heterocycles. The fraction of sp³-hybridized carbons (Fsp3) is 0.364. The Labute approximate surface area is 72.7 Å². The van der Waals surface area contributed by atoms with E-state index < -0.39 is 5.41 Å². The molecular weight excluding hydrogens is 146 g/mol. The lowest BCUT2D eigenvalue weighted by Crippen LogP contribution is -2.04. The van der Waals surface area contributed by atoms with Crippen molar-refractivity contribution in [2.45, 2.75) is 19.8 Å². The number of hydrogen-bond donors (Lipinski definition) is 0. The number of nitrogens with zero attached hydrogens (tertiary/aromatic N) is 1. The molecule has 0 aliphatic heterocycles. The average molecular weight is 157 g/mol. The Morgan fingerprint density at radius 2 is 1.75 bits per heavy atom. The summed E-state index contributed by atoms with van der Waals surface area (Å²) in [6, 6.07) is 2.29. The molecule has 1 nitrogen and oxygen atoms in total. The fourth-order valence-corrected chi connectivity index (χ4v) is 1.47. The Hall–Kier alpha value is -1.29. The molecule has 2 rings (SSSR count). The summed E-state index contributed by atoms with van der Waals surface area (Å²) >= 11 is 0. The van der Waals surface area contributed by atoms with Crippen molar-refractivity contribution in [2.75, 3.05) is 0 Å². The van der Waals surface area contributed by atoms with Crippen LogP contribution in [0.15, 0.2) is 35.5 Å². The molecule has 0 saturated carbocycles. The van der Waals surface area contributed by atoms with E-state index in [1.54, 1.807) is 0 Å². The topological polar surface area (TPSA) is 23.8 Å². The first-order valence-corrected chi connectivity index (χ1v) is 4.25. The van der Waals surface area contributed by atoms with Gasteiger partial charge in [0.15, 0.2) is 0 Å². The summed E-state index contributed by atoms with van der Waals surface area (Å²) in [6.07, 6.45) is 10.5. The molecule has 0 N–H and O–H groups in total. The maximum absolute atomic E-state index is 8.90. The van der Waals surface area contributed by atoms with E-state index in [0.717, 1.165) is 0 Å². The normalized spacial score (nSPS) is 24.0. The van der Waals surface area contributed by atoms with Gasteiger partial charge in [0.2, 0.25) is 0 Å². The molecule has 0 amide bonds. The summed E-state index contributed by atoms with van der Waals surface area (Å²) < 4.78 is 0. The van der Waals surface area contributed by atoms with E-state index in [4.69, 9.17) is 5.26 Å². The van der Waals surface area contributed by atoms with Crippen molar-refractivity contribution >= 4 is 0 Å². The summed E-state index contributed by atoms with van der Waals surface area (Å²) in [7, 11) is 0. The summed E-state index contributed by atoms with van der Waals surface area (Å²) in [5.74, 6) is 0. The van der Waals surface area contributed by atoms with Crippen LogP contribution >= 0.6 is 0 Å². The van der Waals surface area contributed by atoms with E-state index in [1.165, 1.54) is 24.0 Å². The van der Waals surface area contributed by atoms with E-state index >= 15 is 0 Å². The first-order valence-electron chi connectivity index (χ1n) is 4.25. The van der Waals surface area contributed by atoms with Gasteiger partial charge >= 0.3 is 0 Å². The molecule has 0 fully saturated rings. The minimum Gasteiger partial charge on any atom is -0.197 e. The number of rotatable bonds is 0. The third-order valence-corrected chi connectivity index (χ3v) is 2.58. The van der Waals surface area contributed by atoms with Crippen LogP contribution in [-0.4, -0.2) is 0 Å². The van der Waals surface area contributed by atoms with Crippen molar-refractivity contribution in [3.8, 4) is 6.07 Å². The highest BCUT2D eigenvalue weighted by Gasteiger charge is 2.21. The van der Waals surface area contributed by atoms with Crippen molar-refractivity contribution in [1.29, 1.82) is 5.26 Å². The van der Waals surface area contributed by atoms with Gasteiger partial charge in [-0.2, -0.15) is 5.26 Å². The second-order valence-corrected chi connectivity index (χ2v) is 3.61. The number of allylic oxidation sites excluding steroid dienone is 6. The molecule has 0 spiro atoms. The smallest absolute Gasteiger partial charge is 0.0911 e. The highest BCUT2D eigenvalue weighted by Crippen LogP contribution is 2.35. The molecule has 1 heteroatoms. The second kappa shape index (κ2) is 2.35. The molecule has 0 atom stereocenters. The molecule has 2 aliphatic rings. The minimum absolute atomic E-state index is 0.392. The number of hydrogen-bond acceptors (Lipinski definition) is 1. The third-order valence-electron chi connectivity index (χ3n) is 2.58. The van der Waals surface area contributed by atoms with Crippen LogP contribution in [0.3, 0.4) is 0 Å². The molecule has 0 aromatic rings. The molecule has 0 radical (unpaired) electrons. The van der Waals surface area contributed by atoms with Gasteiger partial charge in [0.05, 0.1) is 11.5 Å². The lowest BCUT2D eigenvalue weighted by molar-refractivity contribution is 0.736. The largest absolute Gasteiger partial charge is 0.197 e. The van der Waals surface area contributed by atoms with Gasteiger partial charge in [0.25, 0.3) is 0 Å². The Morgan fingerprint density at radius 1 is 1.25 bits per heavy atom. The molecule has 0 bridgehead atoms. The lowest BCUT2D eigenvalue weighted by atomic mass is 9.89. The molecule has 2 aliphatic carbocycles. The highest BCUT2D eigenvalue weighted by molar-refractivity contribution is 5.45. The SMILES string of the molecule is CC1(C#N)C=CC2=C(C=C1)CC2. The van der Waals surface area contributed by atoms with E-state index in [-0.39, 0.29) is 0 Å². The van der Waals surface area contributed by atoms with Gasteiger partial charge in [0.1, 0.15) is 0 Å². The molecule has 0 saturated heterocycles. The van der Waals surface area contributed by atoms with E-state index in [0.29, 0.717) is 0 Å². The maximum Gasteiger partial charge on any atom is 0.0911 e. The number of nitriles is 1. The molecular formula is C11H11N. The van der Waals surface area contributed by atoms with Crippen LogP contribution < -0.4 is 0 Å². The fourth-order valence-electron chi connectivity index (χ4n) is 1.47. The van der Waals surface area contributed by atoms with Gasteiger partial charge in [0, 0.05) is 0 Å². The maximum atomic E-state index is 8.90. The van der Waals surface area contributed by atoms with Crippen molar-refractivity contribution in [2.24, 2.45) is 5.41 Å². The summed E-state index contributed by atoms with van der Waals surface area (Å²) in [5.41, 5.74) is 2.42. The van der Waals surface area contributed by atoms with Gasteiger partial charge in [-0.15, -0.1) is 0 Å². The van der Waals surface area contributed by atoms with Crippen molar-refractivity contribution in [3.05, 3.63) is 35.5 Å². The van der Waals surface area contributed by atoms with Crippen LogP contribution in [-0.2, 0) is 0 Å². The van der Waals surface area contributed by atoms with E-state index in [1.807, 2.05) is 19.1 Å². The van der Waals surface area contributed by atoms with Crippen LogP contribution in [0.5, 0.6) is 0 Å². The van der Waals surface area contributed by atoms with Crippen molar-refractivity contribution in [3.63, 3.8) is 0 Å². The molecule has 0 aromatic carbocycles. The summed E-state index contributed by atoms with van der Waals surface area (Å²) in [4.78, 5) is 0. The van der Waals surface area contributed by atoms with E-state index in [9.17, 15) is 0 Å². The first-order chi connectivity index (χ1) is 5.73. The van der Waals surface area contributed by atoms with Gasteiger partial charge in [-0.05, 0) is 30.9 Å². The summed E-state index contributed by atoms with van der Waals surface area (Å²) in [6.45, 7) is 1.94. The van der Waals surface area contributed by atoms with Gasteiger partial charge in [-0.1, -0.05) is 24.3 Å². The molecule has 60 valence electrons. The average Bonchev–Trinajstić information content (AvgIpc) is 2.12. The predicted molar refractivity (Wildman–Crippen MR) is 48.3 cm³/mol. The molecule has 0 unspecified atom stereocenters. The van der Waals surface area contributed by atoms with Crippen LogP contribution in [0.1, 0.15) is 19.8 Å². The van der Waals surface area contributed by atoms with Crippen LogP contribution in [0.25, 0.3) is 0 Å². The Balaban J connectivity index is 2.37. The standard InChI is InChI=1S/C11H11N/c1-11(8-12)6-4-9-2-3-10(9)5-7-11/h4-7H,2-3H2,1H3. The monoisotopic (exact) mass is 157 g/mol. The highest BCUT2D eigenvalue weighted by atomic mass is 14.3. The van der Waals surface area contributed by atoms with Crippen LogP contribution in [0.4, 0.5) is 0 Å². The first kappa shape index (κ1) is 7.36. The third kappa shape index (κ3) is 1.00. The molecule has 0 heterocycles.